The molecule has 3 rings (SSSR count). The standard InChI is InChI=1S/C24H25ClN2O/c1-17-12-13-21(16-18(17)2)27(15-14-19-8-6-7-11-22(19)25)24(28)23(26)20-9-4-3-5-10-20/h3-13,16,23H,14-15,26H2,1-2H3/t23-/m0/s1. The third-order valence-corrected chi connectivity index (χ3v) is 5.42. The van der Waals surface area contributed by atoms with Gasteiger partial charge in [0.05, 0.1) is 0 Å². The number of anilines is 1. The Morgan fingerprint density at radius 2 is 1.64 bits per heavy atom. The van der Waals surface area contributed by atoms with E-state index in [1.54, 1.807) is 4.90 Å². The SMILES string of the molecule is Cc1ccc(N(CCc2ccccc2Cl)C(=O)[C@@H](N)c2ccccc2)cc1C. The van der Waals surface area contributed by atoms with E-state index < -0.39 is 6.04 Å². The molecule has 0 spiro atoms. The van der Waals surface area contributed by atoms with Gasteiger partial charge >= 0.3 is 0 Å². The van der Waals surface area contributed by atoms with Crippen molar-refractivity contribution in [1.29, 1.82) is 0 Å². The number of carbonyl (C=O) groups is 1. The fourth-order valence-corrected chi connectivity index (χ4v) is 3.39. The lowest BCUT2D eigenvalue weighted by Crippen LogP contribution is -2.40. The van der Waals surface area contributed by atoms with Gasteiger partial charge < -0.3 is 10.6 Å². The summed E-state index contributed by atoms with van der Waals surface area (Å²) in [5.74, 6) is -0.124. The molecule has 3 aromatic rings. The zero-order valence-corrected chi connectivity index (χ0v) is 17.0. The molecule has 0 fully saturated rings. The summed E-state index contributed by atoms with van der Waals surface area (Å²) in [5.41, 5.74) is 11.3. The van der Waals surface area contributed by atoms with E-state index in [1.807, 2.05) is 79.7 Å². The summed E-state index contributed by atoms with van der Waals surface area (Å²) in [4.78, 5) is 15.1. The van der Waals surface area contributed by atoms with Gasteiger partial charge in [-0.3, -0.25) is 4.79 Å². The minimum absolute atomic E-state index is 0.124. The zero-order chi connectivity index (χ0) is 20.1. The predicted octanol–water partition coefficient (Wildman–Crippen LogP) is 5.23. The third-order valence-electron chi connectivity index (χ3n) is 5.06. The van der Waals surface area contributed by atoms with Crippen molar-refractivity contribution in [3.8, 4) is 0 Å². The molecule has 1 atom stereocenters. The van der Waals surface area contributed by atoms with Gasteiger partial charge in [0.1, 0.15) is 6.04 Å². The lowest BCUT2D eigenvalue weighted by Gasteiger charge is -2.27. The number of nitrogens with two attached hydrogens (primary N) is 1. The topological polar surface area (TPSA) is 46.3 Å². The number of hydrogen-bond acceptors (Lipinski definition) is 2. The Bertz CT molecular complexity index is 956. The summed E-state index contributed by atoms with van der Waals surface area (Å²) in [7, 11) is 0. The molecule has 0 radical (unpaired) electrons. The van der Waals surface area contributed by atoms with Crippen molar-refractivity contribution in [1.82, 2.24) is 0 Å². The van der Waals surface area contributed by atoms with E-state index in [0.29, 0.717) is 18.0 Å². The van der Waals surface area contributed by atoms with Crippen LogP contribution in [0.2, 0.25) is 5.02 Å². The minimum atomic E-state index is -0.714. The van der Waals surface area contributed by atoms with Gasteiger partial charge in [0, 0.05) is 17.3 Å². The molecule has 28 heavy (non-hydrogen) atoms. The number of aryl methyl sites for hydroxylation is 2. The molecule has 0 aliphatic carbocycles. The van der Waals surface area contributed by atoms with Gasteiger partial charge in [-0.2, -0.15) is 0 Å². The van der Waals surface area contributed by atoms with Crippen LogP contribution >= 0.6 is 11.6 Å². The zero-order valence-electron chi connectivity index (χ0n) is 16.2. The van der Waals surface area contributed by atoms with Crippen LogP contribution in [0.3, 0.4) is 0 Å². The van der Waals surface area contributed by atoms with Crippen LogP contribution in [0.25, 0.3) is 0 Å². The number of amides is 1. The van der Waals surface area contributed by atoms with Gasteiger partial charge in [0.25, 0.3) is 0 Å². The first kappa shape index (κ1) is 20.1. The number of hydrogen-bond donors (Lipinski definition) is 1. The first-order valence-electron chi connectivity index (χ1n) is 9.40. The van der Waals surface area contributed by atoms with Crippen LogP contribution in [0.5, 0.6) is 0 Å². The Hall–Kier alpha value is -2.62. The molecule has 3 nitrogen and oxygen atoms in total. The molecule has 0 saturated heterocycles. The number of nitrogens with zero attached hydrogens (tertiary/aromatic N) is 1. The van der Waals surface area contributed by atoms with Gasteiger partial charge in [-0.1, -0.05) is 66.2 Å². The number of carbonyl (C=O) groups excluding carboxylic acids is 1. The number of rotatable bonds is 6. The Morgan fingerprint density at radius 1 is 0.964 bits per heavy atom. The van der Waals surface area contributed by atoms with E-state index in [-0.39, 0.29) is 5.91 Å². The van der Waals surface area contributed by atoms with Crippen molar-refractivity contribution in [3.63, 3.8) is 0 Å². The fraction of sp³-hybridized carbons (Fsp3) is 0.208. The molecule has 144 valence electrons. The fourth-order valence-electron chi connectivity index (χ4n) is 3.16. The summed E-state index contributed by atoms with van der Waals surface area (Å²) in [6, 6.07) is 22.5. The summed E-state index contributed by atoms with van der Waals surface area (Å²) in [6.45, 7) is 4.61. The first-order valence-corrected chi connectivity index (χ1v) is 9.77. The van der Waals surface area contributed by atoms with Gasteiger partial charge in [0.2, 0.25) is 5.91 Å². The molecular formula is C24H25ClN2O. The number of benzene rings is 3. The molecule has 2 N–H and O–H groups in total. The van der Waals surface area contributed by atoms with Crippen molar-refractivity contribution < 1.29 is 4.79 Å². The molecule has 0 aromatic heterocycles. The quantitative estimate of drug-likeness (QED) is 0.624. The minimum Gasteiger partial charge on any atom is -0.316 e. The van der Waals surface area contributed by atoms with Gasteiger partial charge in [-0.25, -0.2) is 0 Å². The van der Waals surface area contributed by atoms with Crippen molar-refractivity contribution in [2.24, 2.45) is 5.73 Å². The van der Waals surface area contributed by atoms with Crippen LogP contribution in [0.4, 0.5) is 5.69 Å². The molecule has 4 heteroatoms. The van der Waals surface area contributed by atoms with Crippen LogP contribution < -0.4 is 10.6 Å². The van der Waals surface area contributed by atoms with E-state index in [2.05, 4.69) is 6.92 Å². The lowest BCUT2D eigenvalue weighted by atomic mass is 10.0. The maximum Gasteiger partial charge on any atom is 0.248 e. The maximum absolute atomic E-state index is 13.3. The first-order chi connectivity index (χ1) is 13.5. The second kappa shape index (κ2) is 9.05. The highest BCUT2D eigenvalue weighted by atomic mass is 35.5. The highest BCUT2D eigenvalue weighted by molar-refractivity contribution is 6.31. The Morgan fingerprint density at radius 3 is 2.32 bits per heavy atom. The smallest absolute Gasteiger partial charge is 0.248 e. The van der Waals surface area contributed by atoms with Crippen molar-refractivity contribution in [3.05, 3.63) is 100 Å². The molecule has 3 aromatic carbocycles. The van der Waals surface area contributed by atoms with Crippen LogP contribution in [-0.4, -0.2) is 12.5 Å². The van der Waals surface area contributed by atoms with Gasteiger partial charge in [0.15, 0.2) is 0 Å². The summed E-state index contributed by atoms with van der Waals surface area (Å²) < 4.78 is 0. The normalized spacial score (nSPS) is 11.9. The summed E-state index contributed by atoms with van der Waals surface area (Å²) >= 11 is 6.31. The molecule has 0 heterocycles. The average molecular weight is 393 g/mol. The summed E-state index contributed by atoms with van der Waals surface area (Å²) in [5, 5.41) is 0.711. The van der Waals surface area contributed by atoms with Crippen molar-refractivity contribution in [2.75, 3.05) is 11.4 Å². The van der Waals surface area contributed by atoms with E-state index in [0.717, 1.165) is 22.4 Å². The van der Waals surface area contributed by atoms with Crippen LogP contribution in [-0.2, 0) is 11.2 Å². The third kappa shape index (κ3) is 4.61. The van der Waals surface area contributed by atoms with Crippen molar-refractivity contribution >= 4 is 23.2 Å². The molecule has 0 unspecified atom stereocenters. The Balaban J connectivity index is 1.90. The lowest BCUT2D eigenvalue weighted by molar-refractivity contribution is -0.120. The largest absolute Gasteiger partial charge is 0.316 e. The van der Waals surface area contributed by atoms with Crippen LogP contribution in [0.15, 0.2) is 72.8 Å². The maximum atomic E-state index is 13.3. The Labute approximate surface area is 171 Å². The molecule has 0 saturated carbocycles. The van der Waals surface area contributed by atoms with E-state index >= 15 is 0 Å². The highest BCUT2D eigenvalue weighted by Gasteiger charge is 2.24. The number of halogens is 1. The van der Waals surface area contributed by atoms with Gasteiger partial charge in [-0.05, 0) is 60.7 Å². The second-order valence-electron chi connectivity index (χ2n) is 6.99. The van der Waals surface area contributed by atoms with Crippen LogP contribution in [0, 0.1) is 13.8 Å². The molecule has 0 aliphatic heterocycles. The highest BCUT2D eigenvalue weighted by Crippen LogP contribution is 2.24. The molecule has 0 aliphatic rings. The molecule has 1 amide bonds. The van der Waals surface area contributed by atoms with E-state index in [4.69, 9.17) is 17.3 Å². The Kier molecular flexibility index (Phi) is 6.50. The van der Waals surface area contributed by atoms with Crippen LogP contribution in [0.1, 0.15) is 28.3 Å². The van der Waals surface area contributed by atoms with Gasteiger partial charge in [-0.15, -0.1) is 0 Å². The van der Waals surface area contributed by atoms with Crippen molar-refractivity contribution in [2.45, 2.75) is 26.3 Å². The predicted molar refractivity (Wildman–Crippen MR) is 117 cm³/mol. The molecule has 0 bridgehead atoms. The molecular weight excluding hydrogens is 368 g/mol. The monoisotopic (exact) mass is 392 g/mol. The average Bonchev–Trinajstić information content (AvgIpc) is 2.72. The van der Waals surface area contributed by atoms with E-state index in [1.165, 1.54) is 5.56 Å². The second-order valence-corrected chi connectivity index (χ2v) is 7.40. The van der Waals surface area contributed by atoms with E-state index in [9.17, 15) is 4.79 Å². The summed E-state index contributed by atoms with van der Waals surface area (Å²) in [6.07, 6.45) is 0.653.